The van der Waals surface area contributed by atoms with E-state index in [0.29, 0.717) is 0 Å². The molecule has 0 aliphatic rings. The Hall–Kier alpha value is -2.39. The van der Waals surface area contributed by atoms with E-state index in [-0.39, 0.29) is 6.61 Å². The van der Waals surface area contributed by atoms with E-state index in [2.05, 4.69) is 6.58 Å². The molecule has 0 heterocycles. The number of methoxy groups -OCH3 is 1. The van der Waals surface area contributed by atoms with Crippen LogP contribution in [0.1, 0.15) is 24.0 Å². The van der Waals surface area contributed by atoms with Gasteiger partial charge in [-0.3, -0.25) is 4.79 Å². The van der Waals surface area contributed by atoms with Crippen molar-refractivity contribution >= 4 is 11.5 Å². The normalized spacial score (nSPS) is 11.8. The maximum atomic E-state index is 11.7. The Bertz CT molecular complexity index is 671. The second-order valence-corrected chi connectivity index (χ2v) is 5.24. The Morgan fingerprint density at radius 3 is 2.41 bits per heavy atom. The van der Waals surface area contributed by atoms with Gasteiger partial charge in [0.15, 0.2) is 0 Å². The highest BCUT2D eigenvalue weighted by Gasteiger charge is 2.20. The van der Waals surface area contributed by atoms with Crippen molar-refractivity contribution in [2.24, 2.45) is 0 Å². The summed E-state index contributed by atoms with van der Waals surface area (Å²) in [6.07, 6.45) is 0. The van der Waals surface area contributed by atoms with E-state index in [4.69, 9.17) is 4.74 Å². The monoisotopic (exact) mass is 296 g/mol. The highest BCUT2D eigenvalue weighted by atomic mass is 16.5. The number of hydrogen-bond acceptors (Lipinski definition) is 3. The van der Waals surface area contributed by atoms with Gasteiger partial charge in [-0.1, -0.05) is 60.7 Å². The Balaban J connectivity index is 2.35. The van der Waals surface area contributed by atoms with Crippen molar-refractivity contribution in [1.82, 2.24) is 0 Å². The molecule has 0 saturated carbocycles. The number of rotatable bonds is 5. The molecule has 1 unspecified atom stereocenters. The molecule has 114 valence electrons. The zero-order valence-electron chi connectivity index (χ0n) is 12.9. The lowest BCUT2D eigenvalue weighted by Crippen LogP contribution is -2.17. The van der Waals surface area contributed by atoms with E-state index in [1.165, 1.54) is 7.11 Å². The van der Waals surface area contributed by atoms with Gasteiger partial charge in [-0.05, 0) is 29.2 Å². The van der Waals surface area contributed by atoms with Crippen molar-refractivity contribution in [2.75, 3.05) is 13.7 Å². The summed E-state index contributed by atoms with van der Waals surface area (Å²) in [7, 11) is 1.32. The van der Waals surface area contributed by atoms with Crippen molar-refractivity contribution in [3.8, 4) is 11.1 Å². The van der Waals surface area contributed by atoms with Gasteiger partial charge in [-0.2, -0.15) is 0 Å². The first-order valence-corrected chi connectivity index (χ1v) is 7.11. The molecule has 0 aromatic heterocycles. The Morgan fingerprint density at radius 2 is 1.86 bits per heavy atom. The van der Waals surface area contributed by atoms with Gasteiger partial charge in [0.25, 0.3) is 0 Å². The molecule has 1 N–H and O–H groups in total. The minimum absolute atomic E-state index is 0.273. The summed E-state index contributed by atoms with van der Waals surface area (Å²) in [5.74, 6) is -1.09. The third kappa shape index (κ3) is 3.43. The van der Waals surface area contributed by atoms with Crippen molar-refractivity contribution in [3.63, 3.8) is 0 Å². The number of aliphatic hydroxyl groups is 1. The SMILES string of the molecule is C=C(C)c1ccc(-c2cccc(C(CO)C(=O)OC)c2)cc1. The molecular weight excluding hydrogens is 276 g/mol. The number of ether oxygens (including phenoxy) is 1. The number of allylic oxidation sites excluding steroid dienone is 1. The molecule has 0 aliphatic carbocycles. The first-order chi connectivity index (χ1) is 10.6. The maximum Gasteiger partial charge on any atom is 0.315 e. The highest BCUT2D eigenvalue weighted by Crippen LogP contribution is 2.26. The van der Waals surface area contributed by atoms with E-state index in [9.17, 15) is 9.90 Å². The lowest BCUT2D eigenvalue weighted by atomic mass is 9.95. The molecule has 3 heteroatoms. The molecule has 2 aromatic carbocycles. The summed E-state index contributed by atoms with van der Waals surface area (Å²) in [6, 6.07) is 15.7. The summed E-state index contributed by atoms with van der Waals surface area (Å²) < 4.78 is 4.74. The molecule has 2 rings (SSSR count). The summed E-state index contributed by atoms with van der Waals surface area (Å²) in [6.45, 7) is 5.62. The van der Waals surface area contributed by atoms with Gasteiger partial charge in [0, 0.05) is 0 Å². The first-order valence-electron chi connectivity index (χ1n) is 7.11. The summed E-state index contributed by atoms with van der Waals surface area (Å²) in [5, 5.41) is 9.43. The Kier molecular flexibility index (Phi) is 5.12. The van der Waals surface area contributed by atoms with Crippen LogP contribution in [0.25, 0.3) is 16.7 Å². The largest absolute Gasteiger partial charge is 0.468 e. The summed E-state index contributed by atoms with van der Waals surface area (Å²) in [4.78, 5) is 11.7. The molecule has 0 bridgehead atoms. The third-order valence-electron chi connectivity index (χ3n) is 3.67. The fourth-order valence-electron chi connectivity index (χ4n) is 2.34. The Labute approximate surface area is 130 Å². The van der Waals surface area contributed by atoms with Crippen LogP contribution in [0.4, 0.5) is 0 Å². The van der Waals surface area contributed by atoms with E-state index in [1.54, 1.807) is 0 Å². The molecule has 3 nitrogen and oxygen atoms in total. The fraction of sp³-hybridized carbons (Fsp3) is 0.211. The highest BCUT2D eigenvalue weighted by molar-refractivity contribution is 5.79. The third-order valence-corrected chi connectivity index (χ3v) is 3.67. The van der Waals surface area contributed by atoms with Crippen molar-refractivity contribution in [3.05, 3.63) is 66.2 Å². The number of aliphatic hydroxyl groups excluding tert-OH is 1. The molecule has 22 heavy (non-hydrogen) atoms. The molecule has 0 fully saturated rings. The van der Waals surface area contributed by atoms with Gasteiger partial charge in [-0.25, -0.2) is 0 Å². The molecule has 0 radical (unpaired) electrons. The quantitative estimate of drug-likeness (QED) is 0.857. The van der Waals surface area contributed by atoms with E-state index in [0.717, 1.165) is 27.8 Å². The standard InChI is InChI=1S/C19H20O3/c1-13(2)14-7-9-15(10-8-14)16-5-4-6-17(11-16)18(12-20)19(21)22-3/h4-11,18,20H,1,12H2,2-3H3. The molecule has 0 aliphatic heterocycles. The van der Waals surface area contributed by atoms with E-state index < -0.39 is 11.9 Å². The maximum absolute atomic E-state index is 11.7. The minimum atomic E-state index is -0.653. The predicted molar refractivity (Wildman–Crippen MR) is 88.4 cm³/mol. The summed E-state index contributed by atoms with van der Waals surface area (Å²) in [5.41, 5.74) is 4.91. The predicted octanol–water partition coefficient (Wildman–Crippen LogP) is 3.64. The van der Waals surface area contributed by atoms with Crippen LogP contribution in [-0.4, -0.2) is 24.8 Å². The van der Waals surface area contributed by atoms with Crippen LogP contribution in [0, 0.1) is 0 Å². The molecule has 2 aromatic rings. The molecule has 1 atom stereocenters. The average Bonchev–Trinajstić information content (AvgIpc) is 2.55. The Morgan fingerprint density at radius 1 is 1.18 bits per heavy atom. The number of carbonyl (C=O) groups excluding carboxylic acids is 1. The zero-order valence-corrected chi connectivity index (χ0v) is 12.9. The van der Waals surface area contributed by atoms with Crippen LogP contribution in [0.5, 0.6) is 0 Å². The van der Waals surface area contributed by atoms with Gasteiger partial charge in [0.05, 0.1) is 13.7 Å². The van der Waals surface area contributed by atoms with Crippen molar-refractivity contribution < 1.29 is 14.6 Å². The second-order valence-electron chi connectivity index (χ2n) is 5.24. The van der Waals surface area contributed by atoms with Gasteiger partial charge < -0.3 is 9.84 Å². The molecule has 0 amide bonds. The van der Waals surface area contributed by atoms with Gasteiger partial charge in [-0.15, -0.1) is 0 Å². The van der Waals surface area contributed by atoms with Crippen molar-refractivity contribution in [2.45, 2.75) is 12.8 Å². The molecule has 0 spiro atoms. The number of hydrogen-bond donors (Lipinski definition) is 1. The van der Waals surface area contributed by atoms with Crippen LogP contribution in [0.2, 0.25) is 0 Å². The minimum Gasteiger partial charge on any atom is -0.468 e. The van der Waals surface area contributed by atoms with Gasteiger partial charge in [0.1, 0.15) is 5.92 Å². The summed E-state index contributed by atoms with van der Waals surface area (Å²) >= 11 is 0. The smallest absolute Gasteiger partial charge is 0.315 e. The van der Waals surface area contributed by atoms with Crippen LogP contribution < -0.4 is 0 Å². The first kappa shape index (κ1) is 16.0. The fourth-order valence-corrected chi connectivity index (χ4v) is 2.34. The van der Waals surface area contributed by atoms with E-state index >= 15 is 0 Å². The lowest BCUT2D eigenvalue weighted by Gasteiger charge is -2.13. The second kappa shape index (κ2) is 7.05. The lowest BCUT2D eigenvalue weighted by molar-refractivity contribution is -0.143. The van der Waals surface area contributed by atoms with Gasteiger partial charge >= 0.3 is 5.97 Å². The number of benzene rings is 2. The van der Waals surface area contributed by atoms with Crippen LogP contribution in [-0.2, 0) is 9.53 Å². The van der Waals surface area contributed by atoms with E-state index in [1.807, 2.05) is 55.5 Å². The van der Waals surface area contributed by atoms with Gasteiger partial charge in [0.2, 0.25) is 0 Å². The molecule has 0 saturated heterocycles. The number of carbonyl (C=O) groups is 1. The van der Waals surface area contributed by atoms with Crippen LogP contribution in [0.3, 0.4) is 0 Å². The average molecular weight is 296 g/mol. The van der Waals surface area contributed by atoms with Crippen molar-refractivity contribution in [1.29, 1.82) is 0 Å². The zero-order chi connectivity index (χ0) is 16.1. The number of esters is 1. The van der Waals surface area contributed by atoms with Crippen LogP contribution in [0.15, 0.2) is 55.1 Å². The van der Waals surface area contributed by atoms with Crippen LogP contribution >= 0.6 is 0 Å². The molecular formula is C19H20O3. The topological polar surface area (TPSA) is 46.5 Å².